The van der Waals surface area contributed by atoms with E-state index in [1.165, 1.54) is 24.2 Å². The van der Waals surface area contributed by atoms with Crippen molar-refractivity contribution in [2.75, 3.05) is 25.4 Å². The maximum Gasteiger partial charge on any atom is 0.226 e. The highest BCUT2D eigenvalue weighted by molar-refractivity contribution is 7.62. The van der Waals surface area contributed by atoms with Crippen LogP contribution in [-0.4, -0.2) is 62.9 Å². The number of aromatic nitrogens is 4. The minimum absolute atomic E-state index is 0.0448. The van der Waals surface area contributed by atoms with E-state index in [4.69, 9.17) is 26.8 Å². The summed E-state index contributed by atoms with van der Waals surface area (Å²) in [5, 5.41) is 9.85. The number of hydrogen-bond acceptors (Lipinski definition) is 8. The molecule has 4 atom stereocenters. The predicted octanol–water partition coefficient (Wildman–Crippen LogP) is 1.21. The standard InChI is InChI=1S/C12H16ClFN5O4P/c1-24(2,21)4-22-11-7(20)5(14)10(23-11)19-3-16-6-8(15)17-12(13)18-9(6)19/h3,5,7,10-11,20H,4H2,1-2H3,(H2,15,17,18)/t5-,7-,10+,11-/m0/s1. The van der Waals surface area contributed by atoms with E-state index in [1.54, 1.807) is 0 Å². The number of halogens is 2. The first kappa shape index (κ1) is 17.5. The topological polar surface area (TPSA) is 125 Å². The molecule has 0 aliphatic carbocycles. The normalized spacial score (nSPS) is 27.9. The Morgan fingerprint density at radius 2 is 2.25 bits per heavy atom. The number of nitrogen functional groups attached to an aromatic ring is 1. The number of rotatable bonds is 4. The van der Waals surface area contributed by atoms with E-state index in [0.717, 1.165) is 0 Å². The zero-order valence-electron chi connectivity index (χ0n) is 12.8. The molecular weight excluding hydrogens is 364 g/mol. The molecule has 0 radical (unpaired) electrons. The quantitative estimate of drug-likeness (QED) is 0.599. The predicted molar refractivity (Wildman–Crippen MR) is 85.0 cm³/mol. The second-order valence-corrected chi connectivity index (χ2v) is 9.65. The first-order valence-electron chi connectivity index (χ1n) is 6.96. The van der Waals surface area contributed by atoms with Crippen molar-refractivity contribution in [2.24, 2.45) is 0 Å². The molecule has 1 fully saturated rings. The highest BCUT2D eigenvalue weighted by atomic mass is 35.5. The molecule has 0 saturated carbocycles. The van der Waals surface area contributed by atoms with Crippen LogP contribution in [0.25, 0.3) is 11.2 Å². The van der Waals surface area contributed by atoms with Crippen molar-refractivity contribution >= 4 is 35.7 Å². The van der Waals surface area contributed by atoms with Gasteiger partial charge in [0.15, 0.2) is 30.2 Å². The Morgan fingerprint density at radius 1 is 1.54 bits per heavy atom. The van der Waals surface area contributed by atoms with Gasteiger partial charge in [-0.05, 0) is 24.9 Å². The highest BCUT2D eigenvalue weighted by Crippen LogP contribution is 2.39. The number of nitrogens with zero attached hydrogens (tertiary/aromatic N) is 4. The average Bonchev–Trinajstić information content (AvgIpc) is 3.00. The van der Waals surface area contributed by atoms with E-state index >= 15 is 0 Å². The SMILES string of the molecule is CP(C)(=O)CO[C@H]1O[C@@H](n2cnc3c(N)nc(Cl)nc32)[C@@H](F)[C@@H]1O. The number of hydrogen-bond donors (Lipinski definition) is 2. The monoisotopic (exact) mass is 379 g/mol. The zero-order chi connectivity index (χ0) is 17.6. The van der Waals surface area contributed by atoms with Gasteiger partial charge in [0.25, 0.3) is 0 Å². The van der Waals surface area contributed by atoms with Crippen molar-refractivity contribution in [3.8, 4) is 0 Å². The van der Waals surface area contributed by atoms with Crippen LogP contribution in [0.3, 0.4) is 0 Å². The summed E-state index contributed by atoms with van der Waals surface area (Å²) in [4.78, 5) is 11.7. The summed E-state index contributed by atoms with van der Waals surface area (Å²) in [5.74, 6) is 0.0448. The molecule has 2 aromatic rings. The fourth-order valence-corrected chi connectivity index (χ4v) is 3.00. The molecule has 1 saturated heterocycles. The van der Waals surface area contributed by atoms with E-state index < -0.39 is 31.9 Å². The van der Waals surface area contributed by atoms with Crippen LogP contribution in [0.15, 0.2) is 6.33 Å². The van der Waals surface area contributed by atoms with E-state index in [2.05, 4.69) is 15.0 Å². The highest BCUT2D eigenvalue weighted by Gasteiger charge is 2.47. The fourth-order valence-electron chi connectivity index (χ4n) is 2.32. The van der Waals surface area contributed by atoms with E-state index in [0.29, 0.717) is 0 Å². The van der Waals surface area contributed by atoms with Crippen molar-refractivity contribution in [1.29, 1.82) is 0 Å². The molecule has 9 nitrogen and oxygen atoms in total. The van der Waals surface area contributed by atoms with Crippen LogP contribution >= 0.6 is 18.7 Å². The van der Waals surface area contributed by atoms with Crippen LogP contribution in [0.5, 0.6) is 0 Å². The molecule has 1 aliphatic heterocycles. The second-order valence-electron chi connectivity index (χ2n) is 5.90. The lowest BCUT2D eigenvalue weighted by Gasteiger charge is -2.17. The summed E-state index contributed by atoms with van der Waals surface area (Å²) < 4.78 is 38.1. The molecule has 0 bridgehead atoms. The van der Waals surface area contributed by atoms with Crippen molar-refractivity contribution < 1.29 is 23.5 Å². The van der Waals surface area contributed by atoms with Crippen molar-refractivity contribution in [2.45, 2.75) is 24.8 Å². The number of nitrogens with two attached hydrogens (primary N) is 1. The van der Waals surface area contributed by atoms with Gasteiger partial charge in [0.05, 0.1) is 6.33 Å². The van der Waals surface area contributed by atoms with Gasteiger partial charge >= 0.3 is 0 Å². The smallest absolute Gasteiger partial charge is 0.226 e. The summed E-state index contributed by atoms with van der Waals surface area (Å²) in [6, 6.07) is 0. The van der Waals surface area contributed by atoms with Crippen molar-refractivity contribution in [1.82, 2.24) is 19.5 Å². The first-order valence-corrected chi connectivity index (χ1v) is 10.1. The van der Waals surface area contributed by atoms with Gasteiger partial charge in [-0.15, -0.1) is 0 Å². The fraction of sp³-hybridized carbons (Fsp3) is 0.583. The number of fused-ring (bicyclic) bond motifs is 1. The van der Waals surface area contributed by atoms with Crippen LogP contribution in [0.2, 0.25) is 5.28 Å². The molecule has 0 aromatic carbocycles. The molecule has 0 amide bonds. The van der Waals surface area contributed by atoms with Crippen molar-refractivity contribution in [3.63, 3.8) is 0 Å². The van der Waals surface area contributed by atoms with Crippen LogP contribution in [0.4, 0.5) is 10.2 Å². The Balaban J connectivity index is 1.89. The summed E-state index contributed by atoms with van der Waals surface area (Å²) in [6.45, 7) is 3.04. The zero-order valence-corrected chi connectivity index (χ0v) is 14.5. The molecule has 3 rings (SSSR count). The summed E-state index contributed by atoms with van der Waals surface area (Å²) in [7, 11) is -2.51. The average molecular weight is 380 g/mol. The molecule has 24 heavy (non-hydrogen) atoms. The minimum atomic E-state index is -2.51. The van der Waals surface area contributed by atoms with Crippen molar-refractivity contribution in [3.05, 3.63) is 11.6 Å². The third-order valence-corrected chi connectivity index (χ3v) is 4.34. The molecule has 132 valence electrons. The molecule has 1 aliphatic rings. The lowest BCUT2D eigenvalue weighted by atomic mass is 10.2. The van der Waals surface area contributed by atoms with E-state index in [1.807, 2.05) is 0 Å². The first-order chi connectivity index (χ1) is 11.2. The molecule has 12 heteroatoms. The number of anilines is 1. The minimum Gasteiger partial charge on any atom is -0.385 e. The van der Waals surface area contributed by atoms with Gasteiger partial charge < -0.3 is 24.9 Å². The molecule has 0 spiro atoms. The summed E-state index contributed by atoms with van der Waals surface area (Å²) >= 11 is 5.77. The largest absolute Gasteiger partial charge is 0.385 e. The van der Waals surface area contributed by atoms with Gasteiger partial charge in [0.1, 0.15) is 25.1 Å². The number of aliphatic hydroxyl groups is 1. The lowest BCUT2D eigenvalue weighted by Crippen LogP contribution is -2.30. The third kappa shape index (κ3) is 3.25. The molecule has 3 heterocycles. The number of alkyl halides is 1. The van der Waals surface area contributed by atoms with Gasteiger partial charge in [-0.1, -0.05) is 0 Å². The van der Waals surface area contributed by atoms with Gasteiger partial charge in [0, 0.05) is 0 Å². The van der Waals surface area contributed by atoms with Crippen LogP contribution in [0, 0.1) is 0 Å². The Hall–Kier alpha value is -1.32. The van der Waals surface area contributed by atoms with Crippen LogP contribution in [0.1, 0.15) is 6.23 Å². The Kier molecular flexibility index (Phi) is 4.52. The Labute approximate surface area is 141 Å². The third-order valence-electron chi connectivity index (χ3n) is 3.40. The number of ether oxygens (including phenoxy) is 2. The van der Waals surface area contributed by atoms with E-state index in [-0.39, 0.29) is 28.6 Å². The molecule has 3 N–H and O–H groups in total. The molecular formula is C12H16ClFN5O4P. The van der Waals surface area contributed by atoms with Gasteiger partial charge in [-0.3, -0.25) is 4.57 Å². The molecule has 0 unspecified atom stereocenters. The number of imidazole rings is 1. The second kappa shape index (κ2) is 6.20. The Morgan fingerprint density at radius 3 is 2.92 bits per heavy atom. The van der Waals surface area contributed by atoms with E-state index in [9.17, 15) is 14.1 Å². The van der Waals surface area contributed by atoms with Gasteiger partial charge in [0.2, 0.25) is 5.28 Å². The maximum atomic E-state index is 14.5. The molecule has 2 aromatic heterocycles. The maximum absolute atomic E-state index is 14.5. The van der Waals surface area contributed by atoms with Gasteiger partial charge in [-0.25, -0.2) is 9.37 Å². The van der Waals surface area contributed by atoms with Crippen LogP contribution in [-0.2, 0) is 14.0 Å². The van der Waals surface area contributed by atoms with Gasteiger partial charge in [-0.2, -0.15) is 9.97 Å². The van der Waals surface area contributed by atoms with Crippen LogP contribution < -0.4 is 5.73 Å². The number of aliphatic hydroxyl groups excluding tert-OH is 1. The summed E-state index contributed by atoms with van der Waals surface area (Å²) in [5.41, 5.74) is 6.11. The summed E-state index contributed by atoms with van der Waals surface area (Å²) in [6.07, 6.45) is -4.73. The lowest BCUT2D eigenvalue weighted by molar-refractivity contribution is -0.165. The Bertz CT molecular complexity index is 814.